The first kappa shape index (κ1) is 16.0. The van der Waals surface area contributed by atoms with Crippen LogP contribution in [0.15, 0.2) is 34.2 Å². The second-order valence-corrected chi connectivity index (χ2v) is 6.61. The molecule has 120 valence electrons. The molecule has 0 atom stereocenters. The van der Waals surface area contributed by atoms with Gasteiger partial charge in [-0.25, -0.2) is 4.79 Å². The highest BCUT2D eigenvalue weighted by Crippen LogP contribution is 2.37. The first-order chi connectivity index (χ1) is 11.0. The van der Waals surface area contributed by atoms with Gasteiger partial charge in [-0.2, -0.15) is 5.10 Å². The SMILES string of the molecule is CCOC(=O)c1cc(Sc2cc(C)c3[nH]ncc3c2)c(Cl)n1C. The van der Waals surface area contributed by atoms with Crippen LogP contribution >= 0.6 is 23.4 Å². The molecular formula is C16H16ClN3O2S. The van der Waals surface area contributed by atoms with Gasteiger partial charge in [-0.05, 0) is 37.6 Å². The van der Waals surface area contributed by atoms with Crippen LogP contribution in [0.5, 0.6) is 0 Å². The van der Waals surface area contributed by atoms with Gasteiger partial charge < -0.3 is 9.30 Å². The van der Waals surface area contributed by atoms with Gasteiger partial charge >= 0.3 is 5.97 Å². The number of esters is 1. The lowest BCUT2D eigenvalue weighted by molar-refractivity contribution is 0.0515. The van der Waals surface area contributed by atoms with Crippen molar-refractivity contribution in [2.75, 3.05) is 6.61 Å². The Balaban J connectivity index is 1.95. The van der Waals surface area contributed by atoms with Crippen LogP contribution in [0.3, 0.4) is 0 Å². The standard InChI is InChI=1S/C16H16ClN3O2S/c1-4-22-16(21)12-7-13(15(17)20(12)3)23-11-5-9(2)14-10(6-11)8-18-19-14/h5-8H,4H2,1-3H3,(H,18,19). The number of hydrogen-bond acceptors (Lipinski definition) is 4. The van der Waals surface area contributed by atoms with E-state index in [2.05, 4.69) is 16.3 Å². The maximum atomic E-state index is 12.0. The first-order valence-corrected chi connectivity index (χ1v) is 8.34. The van der Waals surface area contributed by atoms with Crippen LogP contribution in [-0.4, -0.2) is 27.3 Å². The molecule has 2 aromatic heterocycles. The van der Waals surface area contributed by atoms with Gasteiger partial charge in [-0.3, -0.25) is 5.10 Å². The molecule has 23 heavy (non-hydrogen) atoms. The lowest BCUT2D eigenvalue weighted by Crippen LogP contribution is -2.09. The molecule has 0 aliphatic heterocycles. The Morgan fingerprint density at radius 3 is 2.96 bits per heavy atom. The number of ether oxygens (including phenoxy) is 1. The predicted molar refractivity (Wildman–Crippen MR) is 91.3 cm³/mol. The molecule has 5 nitrogen and oxygen atoms in total. The minimum Gasteiger partial charge on any atom is -0.461 e. The van der Waals surface area contributed by atoms with Gasteiger partial charge in [-0.15, -0.1) is 0 Å². The number of aromatic amines is 1. The summed E-state index contributed by atoms with van der Waals surface area (Å²) in [7, 11) is 1.75. The number of nitrogens with one attached hydrogen (secondary N) is 1. The van der Waals surface area contributed by atoms with Crippen molar-refractivity contribution >= 4 is 40.2 Å². The number of carbonyl (C=O) groups is 1. The van der Waals surface area contributed by atoms with Crippen LogP contribution in [-0.2, 0) is 11.8 Å². The zero-order valence-electron chi connectivity index (χ0n) is 13.0. The fourth-order valence-corrected chi connectivity index (χ4v) is 3.74. The lowest BCUT2D eigenvalue weighted by atomic mass is 10.2. The second-order valence-electron chi connectivity index (χ2n) is 5.14. The van der Waals surface area contributed by atoms with Crippen molar-refractivity contribution in [1.82, 2.24) is 14.8 Å². The molecule has 0 unspecified atom stereocenters. The van der Waals surface area contributed by atoms with E-state index in [0.29, 0.717) is 17.5 Å². The van der Waals surface area contributed by atoms with Gasteiger partial charge in [0.25, 0.3) is 0 Å². The van der Waals surface area contributed by atoms with E-state index in [1.165, 1.54) is 11.8 Å². The summed E-state index contributed by atoms with van der Waals surface area (Å²) in [6.45, 7) is 4.14. The zero-order valence-corrected chi connectivity index (χ0v) is 14.6. The van der Waals surface area contributed by atoms with E-state index >= 15 is 0 Å². The van der Waals surface area contributed by atoms with Crippen molar-refractivity contribution in [3.8, 4) is 0 Å². The van der Waals surface area contributed by atoms with Crippen LogP contribution in [0.25, 0.3) is 10.9 Å². The summed E-state index contributed by atoms with van der Waals surface area (Å²) in [6, 6.07) is 5.88. The summed E-state index contributed by atoms with van der Waals surface area (Å²) in [5, 5.41) is 8.61. The highest BCUT2D eigenvalue weighted by Gasteiger charge is 2.18. The molecule has 7 heteroatoms. The molecule has 0 saturated heterocycles. The molecule has 2 heterocycles. The van der Waals surface area contributed by atoms with E-state index < -0.39 is 0 Å². The number of halogens is 1. The van der Waals surface area contributed by atoms with Crippen molar-refractivity contribution in [2.45, 2.75) is 23.6 Å². The summed E-state index contributed by atoms with van der Waals surface area (Å²) in [6.07, 6.45) is 1.79. The largest absolute Gasteiger partial charge is 0.461 e. The zero-order chi connectivity index (χ0) is 16.6. The van der Waals surface area contributed by atoms with Crippen LogP contribution in [0.1, 0.15) is 23.0 Å². The van der Waals surface area contributed by atoms with E-state index in [4.69, 9.17) is 16.3 Å². The summed E-state index contributed by atoms with van der Waals surface area (Å²) in [4.78, 5) is 13.8. The average molecular weight is 350 g/mol. The number of aromatic nitrogens is 3. The van der Waals surface area contributed by atoms with E-state index in [-0.39, 0.29) is 5.97 Å². The fourth-order valence-electron chi connectivity index (χ4n) is 2.41. The highest BCUT2D eigenvalue weighted by molar-refractivity contribution is 7.99. The Bertz CT molecular complexity index is 885. The summed E-state index contributed by atoms with van der Waals surface area (Å²) >= 11 is 7.88. The highest BCUT2D eigenvalue weighted by atomic mass is 35.5. The third kappa shape index (κ3) is 2.96. The lowest BCUT2D eigenvalue weighted by Gasteiger charge is -2.04. The molecule has 3 rings (SSSR count). The quantitative estimate of drug-likeness (QED) is 0.717. The molecule has 0 radical (unpaired) electrons. The van der Waals surface area contributed by atoms with Gasteiger partial charge in [0.2, 0.25) is 0 Å². The molecule has 0 bridgehead atoms. The van der Waals surface area contributed by atoms with Crippen LogP contribution in [0.2, 0.25) is 5.15 Å². The van der Waals surface area contributed by atoms with Crippen LogP contribution in [0.4, 0.5) is 0 Å². The van der Waals surface area contributed by atoms with E-state index in [9.17, 15) is 4.79 Å². The van der Waals surface area contributed by atoms with E-state index in [1.807, 2.05) is 13.0 Å². The minimum atomic E-state index is -0.370. The Morgan fingerprint density at radius 2 is 2.22 bits per heavy atom. The molecular weight excluding hydrogens is 334 g/mol. The van der Waals surface area contributed by atoms with Crippen LogP contribution < -0.4 is 0 Å². The van der Waals surface area contributed by atoms with Crippen molar-refractivity contribution in [2.24, 2.45) is 7.05 Å². The predicted octanol–water partition coefficient (Wildman–Crippen LogP) is 4.19. The van der Waals surface area contributed by atoms with Crippen molar-refractivity contribution in [3.05, 3.63) is 40.8 Å². The Morgan fingerprint density at radius 1 is 1.43 bits per heavy atom. The number of H-pyrrole nitrogens is 1. The van der Waals surface area contributed by atoms with Crippen molar-refractivity contribution < 1.29 is 9.53 Å². The van der Waals surface area contributed by atoms with Gasteiger partial charge in [0.1, 0.15) is 10.8 Å². The molecule has 0 aliphatic carbocycles. The second kappa shape index (κ2) is 6.29. The number of nitrogens with zero attached hydrogens (tertiary/aromatic N) is 2. The monoisotopic (exact) mass is 349 g/mol. The van der Waals surface area contributed by atoms with E-state index in [1.54, 1.807) is 30.8 Å². The van der Waals surface area contributed by atoms with Gasteiger partial charge in [0.15, 0.2) is 0 Å². The number of aryl methyl sites for hydroxylation is 1. The maximum Gasteiger partial charge on any atom is 0.355 e. The third-order valence-corrected chi connectivity index (χ3v) is 5.13. The Hall–Kier alpha value is -1.92. The molecule has 3 aromatic rings. The molecule has 0 fully saturated rings. The number of hydrogen-bond donors (Lipinski definition) is 1. The van der Waals surface area contributed by atoms with Gasteiger partial charge in [0, 0.05) is 17.3 Å². The fraction of sp³-hybridized carbons (Fsp3) is 0.250. The minimum absolute atomic E-state index is 0.334. The van der Waals surface area contributed by atoms with E-state index in [0.717, 1.165) is 26.3 Å². The van der Waals surface area contributed by atoms with Crippen molar-refractivity contribution in [3.63, 3.8) is 0 Å². The summed E-state index contributed by atoms with van der Waals surface area (Å²) in [5.41, 5.74) is 2.58. The average Bonchev–Trinajstić information content (AvgIpc) is 3.08. The third-order valence-electron chi connectivity index (χ3n) is 3.56. The molecule has 0 amide bonds. The smallest absolute Gasteiger partial charge is 0.355 e. The number of fused-ring (bicyclic) bond motifs is 1. The summed E-state index contributed by atoms with van der Waals surface area (Å²) in [5.74, 6) is -0.370. The van der Waals surface area contributed by atoms with Crippen molar-refractivity contribution in [1.29, 1.82) is 0 Å². The molecule has 0 aliphatic rings. The summed E-state index contributed by atoms with van der Waals surface area (Å²) < 4.78 is 6.70. The Kier molecular flexibility index (Phi) is 4.37. The van der Waals surface area contributed by atoms with Gasteiger partial charge in [0.05, 0.1) is 23.2 Å². The number of carbonyl (C=O) groups excluding carboxylic acids is 1. The first-order valence-electron chi connectivity index (χ1n) is 7.15. The normalized spacial score (nSPS) is 11.1. The van der Waals surface area contributed by atoms with Crippen LogP contribution in [0, 0.1) is 6.92 Å². The number of rotatable bonds is 4. The molecule has 0 saturated carbocycles. The topological polar surface area (TPSA) is 59.9 Å². The molecule has 1 N–H and O–H groups in total. The molecule has 0 spiro atoms. The molecule has 1 aromatic carbocycles. The van der Waals surface area contributed by atoms with Gasteiger partial charge in [-0.1, -0.05) is 23.4 Å². The number of benzene rings is 1. The Labute approximate surface area is 143 Å². The maximum absolute atomic E-state index is 12.0.